The first-order valence-corrected chi connectivity index (χ1v) is 8.08. The van der Waals surface area contributed by atoms with Crippen LogP contribution in [0.2, 0.25) is 0 Å². The molecule has 3 rings (SSSR count). The molecule has 1 heterocycles. The van der Waals surface area contributed by atoms with Crippen LogP contribution in [0.5, 0.6) is 0 Å². The van der Waals surface area contributed by atoms with Gasteiger partial charge in [0.05, 0.1) is 12.1 Å². The van der Waals surface area contributed by atoms with Gasteiger partial charge < -0.3 is 10.0 Å². The molecular formula is C20H21NO3. The van der Waals surface area contributed by atoms with Gasteiger partial charge in [-0.3, -0.25) is 9.59 Å². The topological polar surface area (TPSA) is 57.6 Å². The van der Waals surface area contributed by atoms with Crippen LogP contribution < -0.4 is 4.90 Å². The Hall–Kier alpha value is -2.46. The monoisotopic (exact) mass is 323 g/mol. The van der Waals surface area contributed by atoms with Gasteiger partial charge in [-0.15, -0.1) is 0 Å². The van der Waals surface area contributed by atoms with E-state index in [-0.39, 0.29) is 12.2 Å². The van der Waals surface area contributed by atoms with E-state index in [9.17, 15) is 14.7 Å². The lowest BCUT2D eigenvalue weighted by molar-refractivity contribution is -0.135. The Labute approximate surface area is 141 Å². The quantitative estimate of drug-likeness (QED) is 0.879. The Balaban J connectivity index is 1.90. The van der Waals surface area contributed by atoms with Gasteiger partial charge in [0, 0.05) is 18.2 Å². The number of benzene rings is 2. The van der Waals surface area contributed by atoms with Crippen molar-refractivity contribution in [3.63, 3.8) is 0 Å². The first kappa shape index (κ1) is 16.4. The largest absolute Gasteiger partial charge is 0.375 e. The summed E-state index contributed by atoms with van der Waals surface area (Å²) in [4.78, 5) is 26.5. The Morgan fingerprint density at radius 2 is 1.75 bits per heavy atom. The number of ketones is 1. The van der Waals surface area contributed by atoms with Crippen molar-refractivity contribution in [2.75, 3.05) is 11.9 Å². The molecule has 0 bridgehead atoms. The maximum atomic E-state index is 12.6. The number of hydrogen-bond donors (Lipinski definition) is 1. The Bertz CT molecular complexity index is 795. The molecule has 1 amide bonds. The Kier molecular flexibility index (Phi) is 4.01. The zero-order valence-electron chi connectivity index (χ0n) is 14.1. The van der Waals surface area contributed by atoms with Crippen molar-refractivity contribution < 1.29 is 14.7 Å². The summed E-state index contributed by atoms with van der Waals surface area (Å²) < 4.78 is 0. The maximum Gasteiger partial charge on any atom is 0.263 e. The fraction of sp³-hybridized carbons (Fsp3) is 0.300. The normalized spacial score (nSPS) is 19.7. The van der Waals surface area contributed by atoms with Crippen molar-refractivity contribution in [3.8, 4) is 0 Å². The van der Waals surface area contributed by atoms with Crippen molar-refractivity contribution in [1.29, 1.82) is 0 Å². The summed E-state index contributed by atoms with van der Waals surface area (Å²) in [6.45, 7) is 4.17. The van der Waals surface area contributed by atoms with Gasteiger partial charge >= 0.3 is 0 Å². The highest BCUT2D eigenvalue weighted by Gasteiger charge is 2.49. The second-order valence-corrected chi connectivity index (χ2v) is 6.62. The highest BCUT2D eigenvalue weighted by molar-refractivity contribution is 6.10. The standard InChI is InChI=1S/C20H21NO3/c1-13(2)14-8-10-15(11-9-14)18(22)12-20(24)16-6-4-5-7-17(16)21(3)19(20)23/h4-11,13,24H,12H2,1-3H3/t20-/m0/s1. The zero-order chi connectivity index (χ0) is 17.5. The number of likely N-dealkylation sites (N-methyl/N-ethyl adjacent to an activating group) is 1. The molecular weight excluding hydrogens is 302 g/mol. The van der Waals surface area contributed by atoms with Gasteiger partial charge in [-0.1, -0.05) is 56.3 Å². The van der Waals surface area contributed by atoms with E-state index < -0.39 is 11.5 Å². The summed E-state index contributed by atoms with van der Waals surface area (Å²) in [5.74, 6) is -0.322. The molecule has 0 spiro atoms. The van der Waals surface area contributed by atoms with Gasteiger partial charge in [0.25, 0.3) is 5.91 Å². The first-order valence-electron chi connectivity index (χ1n) is 8.08. The molecule has 1 N–H and O–H groups in total. The van der Waals surface area contributed by atoms with Crippen LogP contribution in [-0.4, -0.2) is 23.8 Å². The lowest BCUT2D eigenvalue weighted by atomic mass is 9.87. The predicted octanol–water partition coefficient (Wildman–Crippen LogP) is 3.25. The van der Waals surface area contributed by atoms with E-state index in [1.807, 2.05) is 12.1 Å². The average Bonchev–Trinajstić information content (AvgIpc) is 2.77. The van der Waals surface area contributed by atoms with E-state index in [1.165, 1.54) is 4.90 Å². The number of carbonyl (C=O) groups is 2. The fourth-order valence-corrected chi connectivity index (χ4v) is 3.18. The minimum absolute atomic E-state index is 0.244. The van der Waals surface area contributed by atoms with E-state index in [1.54, 1.807) is 43.4 Å². The number of carbonyl (C=O) groups excluding carboxylic acids is 2. The fourth-order valence-electron chi connectivity index (χ4n) is 3.18. The third kappa shape index (κ3) is 2.53. The molecule has 1 aliphatic heterocycles. The number of aliphatic hydroxyl groups is 1. The van der Waals surface area contributed by atoms with Crippen molar-refractivity contribution >= 4 is 17.4 Å². The van der Waals surface area contributed by atoms with E-state index in [0.717, 1.165) is 5.56 Å². The molecule has 1 aliphatic rings. The molecule has 1 atom stereocenters. The van der Waals surface area contributed by atoms with Crippen molar-refractivity contribution in [3.05, 3.63) is 65.2 Å². The minimum Gasteiger partial charge on any atom is -0.375 e. The van der Waals surface area contributed by atoms with Crippen LogP contribution in [0.4, 0.5) is 5.69 Å². The van der Waals surface area contributed by atoms with Gasteiger partial charge in [0.2, 0.25) is 0 Å². The molecule has 24 heavy (non-hydrogen) atoms. The molecule has 0 saturated carbocycles. The highest BCUT2D eigenvalue weighted by atomic mass is 16.3. The van der Waals surface area contributed by atoms with E-state index in [4.69, 9.17) is 0 Å². The molecule has 4 nitrogen and oxygen atoms in total. The molecule has 0 radical (unpaired) electrons. The number of fused-ring (bicyclic) bond motifs is 1. The van der Waals surface area contributed by atoms with Gasteiger partial charge in [0.1, 0.15) is 0 Å². The van der Waals surface area contributed by atoms with E-state index in [0.29, 0.717) is 22.7 Å². The summed E-state index contributed by atoms with van der Waals surface area (Å²) >= 11 is 0. The summed E-state index contributed by atoms with van der Waals surface area (Å²) in [7, 11) is 1.61. The van der Waals surface area contributed by atoms with Crippen LogP contribution >= 0.6 is 0 Å². The molecule has 0 saturated heterocycles. The summed E-state index contributed by atoms with van der Waals surface area (Å²) in [5, 5.41) is 10.9. The summed E-state index contributed by atoms with van der Waals surface area (Å²) in [6.07, 6.45) is -0.256. The van der Waals surface area contributed by atoms with Crippen molar-refractivity contribution in [2.45, 2.75) is 31.8 Å². The summed E-state index contributed by atoms with van der Waals surface area (Å²) in [6, 6.07) is 14.4. The molecule has 2 aromatic rings. The van der Waals surface area contributed by atoms with Crippen molar-refractivity contribution in [2.24, 2.45) is 0 Å². The van der Waals surface area contributed by atoms with Crippen LogP contribution in [0, 0.1) is 0 Å². The van der Waals surface area contributed by atoms with Crippen LogP contribution in [0.3, 0.4) is 0 Å². The molecule has 0 aromatic heterocycles. The number of nitrogens with zero attached hydrogens (tertiary/aromatic N) is 1. The number of para-hydroxylation sites is 1. The molecule has 0 unspecified atom stereocenters. The number of Topliss-reactive ketones (excluding diaryl/α,β-unsaturated/α-hetero) is 1. The molecule has 2 aromatic carbocycles. The smallest absolute Gasteiger partial charge is 0.263 e. The Morgan fingerprint density at radius 3 is 2.38 bits per heavy atom. The molecule has 4 heteroatoms. The Morgan fingerprint density at radius 1 is 1.12 bits per heavy atom. The third-order valence-corrected chi connectivity index (χ3v) is 4.69. The highest BCUT2D eigenvalue weighted by Crippen LogP contribution is 2.41. The number of anilines is 1. The van der Waals surface area contributed by atoms with Gasteiger partial charge in [0.15, 0.2) is 11.4 Å². The molecule has 0 fully saturated rings. The minimum atomic E-state index is -1.79. The van der Waals surface area contributed by atoms with Gasteiger partial charge in [-0.25, -0.2) is 0 Å². The van der Waals surface area contributed by atoms with Crippen molar-refractivity contribution in [1.82, 2.24) is 0 Å². The SMILES string of the molecule is CC(C)c1ccc(C(=O)C[C@@]2(O)C(=O)N(C)c3ccccc32)cc1. The van der Waals surface area contributed by atoms with Crippen LogP contribution in [-0.2, 0) is 10.4 Å². The number of hydrogen-bond acceptors (Lipinski definition) is 3. The lowest BCUT2D eigenvalue weighted by Gasteiger charge is -2.21. The predicted molar refractivity (Wildman–Crippen MR) is 93.2 cm³/mol. The third-order valence-electron chi connectivity index (χ3n) is 4.69. The summed E-state index contributed by atoms with van der Waals surface area (Å²) in [5.41, 5.74) is 0.997. The van der Waals surface area contributed by atoms with Crippen LogP contribution in [0.25, 0.3) is 0 Å². The molecule has 124 valence electrons. The molecule has 0 aliphatic carbocycles. The van der Waals surface area contributed by atoms with E-state index >= 15 is 0 Å². The first-order chi connectivity index (χ1) is 11.3. The number of amides is 1. The number of rotatable bonds is 4. The second kappa shape index (κ2) is 5.87. The van der Waals surface area contributed by atoms with Gasteiger partial charge in [-0.2, -0.15) is 0 Å². The average molecular weight is 323 g/mol. The van der Waals surface area contributed by atoms with Crippen LogP contribution in [0.15, 0.2) is 48.5 Å². The second-order valence-electron chi connectivity index (χ2n) is 6.62. The maximum absolute atomic E-state index is 12.6. The van der Waals surface area contributed by atoms with Crippen LogP contribution in [0.1, 0.15) is 47.7 Å². The zero-order valence-corrected chi connectivity index (χ0v) is 14.1. The van der Waals surface area contributed by atoms with E-state index in [2.05, 4.69) is 13.8 Å². The van der Waals surface area contributed by atoms with Gasteiger partial charge in [-0.05, 0) is 17.5 Å². The lowest BCUT2D eigenvalue weighted by Crippen LogP contribution is -2.40.